The molecule has 0 atom stereocenters. The van der Waals surface area contributed by atoms with Gasteiger partial charge < -0.3 is 9.73 Å². The van der Waals surface area contributed by atoms with Crippen molar-refractivity contribution in [2.24, 2.45) is 0 Å². The number of nitrogens with one attached hydrogen (secondary N) is 1. The van der Waals surface area contributed by atoms with Crippen LogP contribution in [0.25, 0.3) is 0 Å². The number of hydrogen-bond acceptors (Lipinski definition) is 5. The fraction of sp³-hybridized carbons (Fsp3) is 0.429. The number of aryl methyl sites for hydroxylation is 2. The normalized spacial score (nSPS) is 10.9. The van der Waals surface area contributed by atoms with E-state index in [9.17, 15) is 0 Å². The van der Waals surface area contributed by atoms with Gasteiger partial charge in [-0.2, -0.15) is 0 Å². The molecule has 2 aromatic rings. The van der Waals surface area contributed by atoms with Gasteiger partial charge in [-0.15, -0.1) is 10.2 Å². The van der Waals surface area contributed by atoms with Crippen LogP contribution in [0.3, 0.4) is 0 Å². The van der Waals surface area contributed by atoms with Crippen molar-refractivity contribution in [2.75, 3.05) is 6.54 Å². The van der Waals surface area contributed by atoms with E-state index in [1.54, 1.807) is 6.92 Å². The summed E-state index contributed by atoms with van der Waals surface area (Å²) in [6, 6.07) is 6.42. The van der Waals surface area contributed by atoms with Gasteiger partial charge in [-0.25, -0.2) is 0 Å². The molecule has 2 rings (SSSR count). The van der Waals surface area contributed by atoms with Crippen molar-refractivity contribution in [3.63, 3.8) is 0 Å². The van der Waals surface area contributed by atoms with Crippen LogP contribution in [0.1, 0.15) is 30.4 Å². The topological polar surface area (TPSA) is 51.0 Å². The van der Waals surface area contributed by atoms with Crippen molar-refractivity contribution in [2.45, 2.75) is 43.9 Å². The molecular weight excluding hydrogens is 258 g/mol. The zero-order valence-corrected chi connectivity index (χ0v) is 12.4. The summed E-state index contributed by atoms with van der Waals surface area (Å²) in [4.78, 5) is 1.16. The molecule has 4 nitrogen and oxygen atoms in total. The summed E-state index contributed by atoms with van der Waals surface area (Å²) in [6.45, 7) is 7.97. The van der Waals surface area contributed by atoms with Crippen LogP contribution in [0.5, 0.6) is 0 Å². The fourth-order valence-electron chi connectivity index (χ4n) is 1.76. The molecule has 5 heteroatoms. The van der Waals surface area contributed by atoms with Gasteiger partial charge in [0.25, 0.3) is 5.22 Å². The van der Waals surface area contributed by atoms with Crippen molar-refractivity contribution in [3.8, 4) is 0 Å². The summed E-state index contributed by atoms with van der Waals surface area (Å²) in [6.07, 6.45) is 1.14. The Morgan fingerprint density at radius 2 is 2.11 bits per heavy atom. The van der Waals surface area contributed by atoms with E-state index in [1.807, 2.05) is 0 Å². The molecule has 0 spiro atoms. The Morgan fingerprint density at radius 1 is 1.26 bits per heavy atom. The number of nitrogens with zero attached hydrogens (tertiary/aromatic N) is 2. The van der Waals surface area contributed by atoms with E-state index in [2.05, 4.69) is 47.6 Å². The van der Waals surface area contributed by atoms with Gasteiger partial charge in [-0.1, -0.05) is 24.6 Å². The van der Waals surface area contributed by atoms with Crippen LogP contribution in [0, 0.1) is 13.8 Å². The molecule has 0 aliphatic carbocycles. The Kier molecular flexibility index (Phi) is 4.99. The van der Waals surface area contributed by atoms with Gasteiger partial charge in [0.05, 0.1) is 0 Å². The van der Waals surface area contributed by atoms with Gasteiger partial charge >= 0.3 is 0 Å². The highest BCUT2D eigenvalue weighted by Gasteiger charge is 2.09. The molecule has 1 heterocycles. The van der Waals surface area contributed by atoms with Gasteiger partial charge in [0.15, 0.2) is 0 Å². The minimum absolute atomic E-state index is 0.595. The van der Waals surface area contributed by atoms with Crippen LogP contribution in [-0.4, -0.2) is 16.7 Å². The molecule has 102 valence electrons. The maximum absolute atomic E-state index is 5.42. The third kappa shape index (κ3) is 4.08. The first-order valence-electron chi connectivity index (χ1n) is 6.47. The lowest BCUT2D eigenvalue weighted by Gasteiger charge is -2.09. The summed E-state index contributed by atoms with van der Waals surface area (Å²) < 4.78 is 5.42. The molecular formula is C14H19N3OS. The zero-order chi connectivity index (χ0) is 13.7. The molecule has 0 amide bonds. The molecule has 0 bridgehead atoms. The van der Waals surface area contributed by atoms with Gasteiger partial charge in [0, 0.05) is 18.4 Å². The predicted molar refractivity (Wildman–Crippen MR) is 76.3 cm³/mol. The van der Waals surface area contributed by atoms with Gasteiger partial charge in [-0.05, 0) is 43.3 Å². The second-order valence-corrected chi connectivity index (χ2v) is 5.47. The van der Waals surface area contributed by atoms with Crippen LogP contribution >= 0.6 is 11.8 Å². The second-order valence-electron chi connectivity index (χ2n) is 4.48. The first-order valence-corrected chi connectivity index (χ1v) is 7.29. The van der Waals surface area contributed by atoms with Crippen LogP contribution in [0.2, 0.25) is 0 Å². The van der Waals surface area contributed by atoms with E-state index in [4.69, 9.17) is 4.42 Å². The highest BCUT2D eigenvalue weighted by Crippen LogP contribution is 2.30. The summed E-state index contributed by atoms with van der Waals surface area (Å²) in [5.41, 5.74) is 2.54. The highest BCUT2D eigenvalue weighted by atomic mass is 32.2. The maximum Gasteiger partial charge on any atom is 0.281 e. The van der Waals surface area contributed by atoms with Crippen molar-refractivity contribution in [1.82, 2.24) is 15.5 Å². The molecule has 0 saturated carbocycles. The molecule has 1 aromatic heterocycles. The Bertz CT molecular complexity index is 539. The lowest BCUT2D eigenvalue weighted by molar-refractivity contribution is 0.429. The predicted octanol–water partition coefficient (Wildman–Crippen LogP) is 3.34. The van der Waals surface area contributed by atoms with Gasteiger partial charge in [0.2, 0.25) is 5.89 Å². The van der Waals surface area contributed by atoms with E-state index in [0.717, 1.165) is 24.4 Å². The van der Waals surface area contributed by atoms with Crippen LogP contribution < -0.4 is 5.32 Å². The maximum atomic E-state index is 5.42. The van der Waals surface area contributed by atoms with Crippen LogP contribution in [0.15, 0.2) is 32.7 Å². The van der Waals surface area contributed by atoms with Crippen LogP contribution in [-0.2, 0) is 6.54 Å². The van der Waals surface area contributed by atoms with E-state index in [0.29, 0.717) is 11.1 Å². The average Bonchev–Trinajstić information content (AvgIpc) is 2.78. The molecule has 1 N–H and O–H groups in total. The third-order valence-corrected chi connectivity index (χ3v) is 3.62. The Labute approximate surface area is 118 Å². The van der Waals surface area contributed by atoms with Crippen molar-refractivity contribution in [3.05, 3.63) is 35.2 Å². The largest absolute Gasteiger partial charge is 0.416 e. The summed E-state index contributed by atoms with van der Waals surface area (Å²) in [5.74, 6) is 0.597. The summed E-state index contributed by atoms with van der Waals surface area (Å²) >= 11 is 1.52. The van der Waals surface area contributed by atoms with E-state index in [-0.39, 0.29) is 0 Å². The summed E-state index contributed by atoms with van der Waals surface area (Å²) in [5, 5.41) is 11.9. The smallest absolute Gasteiger partial charge is 0.281 e. The van der Waals surface area contributed by atoms with Crippen molar-refractivity contribution in [1.29, 1.82) is 0 Å². The average molecular weight is 277 g/mol. The minimum Gasteiger partial charge on any atom is -0.416 e. The molecule has 0 radical (unpaired) electrons. The van der Waals surface area contributed by atoms with Crippen LogP contribution in [0.4, 0.5) is 0 Å². The molecule has 0 unspecified atom stereocenters. The molecule has 0 aliphatic heterocycles. The first-order chi connectivity index (χ1) is 9.19. The molecule has 19 heavy (non-hydrogen) atoms. The summed E-state index contributed by atoms with van der Waals surface area (Å²) in [7, 11) is 0. The Morgan fingerprint density at radius 3 is 2.79 bits per heavy atom. The number of benzene rings is 1. The number of hydrogen-bond donors (Lipinski definition) is 1. The zero-order valence-electron chi connectivity index (χ0n) is 11.6. The monoisotopic (exact) mass is 277 g/mol. The third-order valence-electron chi connectivity index (χ3n) is 2.66. The number of aromatic nitrogens is 2. The van der Waals surface area contributed by atoms with E-state index >= 15 is 0 Å². The standard InChI is InChI=1S/C14H19N3OS/c1-4-7-15-9-12-8-10(2)5-6-13(12)19-14-17-16-11(3)18-14/h5-6,8,15H,4,7,9H2,1-3H3. The van der Waals surface area contributed by atoms with Gasteiger partial charge in [0.1, 0.15) is 0 Å². The van der Waals surface area contributed by atoms with E-state index in [1.165, 1.54) is 22.9 Å². The fourth-order valence-corrected chi connectivity index (χ4v) is 2.59. The Hall–Kier alpha value is -1.33. The first kappa shape index (κ1) is 14.1. The second kappa shape index (κ2) is 6.73. The Balaban J connectivity index is 2.14. The van der Waals surface area contributed by atoms with Crippen molar-refractivity contribution < 1.29 is 4.42 Å². The quantitative estimate of drug-likeness (QED) is 0.821. The SMILES string of the molecule is CCCNCc1cc(C)ccc1Sc1nnc(C)o1. The van der Waals surface area contributed by atoms with E-state index < -0.39 is 0 Å². The van der Waals surface area contributed by atoms with Crippen molar-refractivity contribution >= 4 is 11.8 Å². The molecule has 0 fully saturated rings. The lowest BCUT2D eigenvalue weighted by atomic mass is 10.1. The minimum atomic E-state index is 0.595. The van der Waals surface area contributed by atoms with Gasteiger partial charge in [-0.3, -0.25) is 0 Å². The molecule has 0 aliphatic rings. The number of rotatable bonds is 6. The highest BCUT2D eigenvalue weighted by molar-refractivity contribution is 7.99. The molecule has 1 aromatic carbocycles. The molecule has 0 saturated heterocycles. The lowest BCUT2D eigenvalue weighted by Crippen LogP contribution is -2.14.